The summed E-state index contributed by atoms with van der Waals surface area (Å²) in [5, 5.41) is 0.0782. The van der Waals surface area contributed by atoms with Crippen molar-refractivity contribution in [2.75, 3.05) is 6.61 Å². The van der Waals surface area contributed by atoms with Crippen molar-refractivity contribution in [3.63, 3.8) is 0 Å². The second-order valence-electron chi connectivity index (χ2n) is 4.41. The number of hydrogen-bond donors (Lipinski definition) is 0. The number of benzene rings is 1. The average Bonchev–Trinajstić information content (AvgIpc) is 2.52. The maximum absolute atomic E-state index is 13.0. The molecule has 1 radical (unpaired) electrons. The highest BCUT2D eigenvalue weighted by molar-refractivity contribution is 6.32. The minimum atomic E-state index is -0.859. The number of ether oxygens (including phenoxy) is 3. The van der Waals surface area contributed by atoms with Crippen LogP contribution in [0.5, 0.6) is 17.4 Å². The van der Waals surface area contributed by atoms with Gasteiger partial charge in [-0.3, -0.25) is 0 Å². The van der Waals surface area contributed by atoms with Gasteiger partial charge in [0.25, 0.3) is 5.88 Å². The SMILES string of the molecule is CCOC(=O)C(C)Oc1ncccc1Oc1c[c]c(F)cc1Cl. The van der Waals surface area contributed by atoms with Crippen LogP contribution in [0.3, 0.4) is 0 Å². The molecule has 5 nitrogen and oxygen atoms in total. The number of aromatic nitrogens is 1. The first kappa shape index (κ1) is 17.0. The van der Waals surface area contributed by atoms with E-state index in [9.17, 15) is 9.18 Å². The van der Waals surface area contributed by atoms with Gasteiger partial charge in [-0.25, -0.2) is 14.2 Å². The molecule has 0 aliphatic rings. The molecule has 0 aliphatic carbocycles. The molecule has 0 aliphatic heterocycles. The number of carbonyl (C=O) groups excluding carboxylic acids is 1. The van der Waals surface area contributed by atoms with E-state index in [1.54, 1.807) is 19.1 Å². The molecule has 7 heteroatoms. The van der Waals surface area contributed by atoms with Gasteiger partial charge >= 0.3 is 5.97 Å². The van der Waals surface area contributed by atoms with E-state index in [1.165, 1.54) is 19.2 Å². The van der Waals surface area contributed by atoms with Crippen LogP contribution in [0.4, 0.5) is 4.39 Å². The van der Waals surface area contributed by atoms with Crippen LogP contribution in [0.15, 0.2) is 30.5 Å². The molecule has 2 aromatic rings. The van der Waals surface area contributed by atoms with Crippen molar-refractivity contribution in [2.45, 2.75) is 20.0 Å². The molecule has 1 heterocycles. The third kappa shape index (κ3) is 4.56. The number of carbonyl (C=O) groups is 1. The van der Waals surface area contributed by atoms with Crippen LogP contribution in [0.2, 0.25) is 5.02 Å². The monoisotopic (exact) mass is 338 g/mol. The van der Waals surface area contributed by atoms with Gasteiger partial charge in [-0.2, -0.15) is 0 Å². The Balaban J connectivity index is 2.18. The van der Waals surface area contributed by atoms with Gasteiger partial charge in [-0.15, -0.1) is 0 Å². The highest BCUT2D eigenvalue weighted by Gasteiger charge is 2.19. The summed E-state index contributed by atoms with van der Waals surface area (Å²) in [4.78, 5) is 15.6. The second-order valence-corrected chi connectivity index (χ2v) is 4.82. The molecule has 121 valence electrons. The van der Waals surface area contributed by atoms with Crippen molar-refractivity contribution in [2.24, 2.45) is 0 Å². The van der Waals surface area contributed by atoms with Crippen molar-refractivity contribution in [3.05, 3.63) is 47.4 Å². The first-order chi connectivity index (χ1) is 11.0. The van der Waals surface area contributed by atoms with E-state index in [0.29, 0.717) is 0 Å². The number of nitrogens with zero attached hydrogens (tertiary/aromatic N) is 1. The average molecular weight is 339 g/mol. The first-order valence-electron chi connectivity index (χ1n) is 6.84. The normalized spacial score (nSPS) is 11.7. The van der Waals surface area contributed by atoms with Crippen LogP contribution in [-0.2, 0) is 9.53 Å². The molecule has 0 amide bonds. The molecule has 0 bridgehead atoms. The van der Waals surface area contributed by atoms with Gasteiger partial charge in [-0.05, 0) is 38.1 Å². The van der Waals surface area contributed by atoms with E-state index < -0.39 is 17.9 Å². The fraction of sp³-hybridized carbons (Fsp3) is 0.250. The van der Waals surface area contributed by atoms with Crippen molar-refractivity contribution in [3.8, 4) is 17.4 Å². The molecular formula is C16H14ClFNO4. The lowest BCUT2D eigenvalue weighted by Crippen LogP contribution is -2.26. The van der Waals surface area contributed by atoms with E-state index >= 15 is 0 Å². The molecule has 2 rings (SSSR count). The topological polar surface area (TPSA) is 57.7 Å². The minimum Gasteiger partial charge on any atom is -0.463 e. The third-order valence-electron chi connectivity index (χ3n) is 2.69. The number of pyridine rings is 1. The van der Waals surface area contributed by atoms with Gasteiger partial charge in [0.15, 0.2) is 11.9 Å². The van der Waals surface area contributed by atoms with Crippen LogP contribution >= 0.6 is 11.6 Å². The van der Waals surface area contributed by atoms with Gasteiger partial charge in [-0.1, -0.05) is 11.6 Å². The number of esters is 1. The Labute approximate surface area is 138 Å². The summed E-state index contributed by atoms with van der Waals surface area (Å²) in [7, 11) is 0. The fourth-order valence-electron chi connectivity index (χ4n) is 1.64. The zero-order valence-corrected chi connectivity index (χ0v) is 13.3. The Morgan fingerprint density at radius 1 is 1.48 bits per heavy atom. The Morgan fingerprint density at radius 3 is 2.96 bits per heavy atom. The summed E-state index contributed by atoms with van der Waals surface area (Å²) in [5.41, 5.74) is 0. The summed E-state index contributed by atoms with van der Waals surface area (Å²) in [6, 6.07) is 7.90. The second kappa shape index (κ2) is 7.78. The van der Waals surface area contributed by atoms with E-state index in [4.69, 9.17) is 25.8 Å². The molecule has 1 aromatic carbocycles. The molecule has 0 spiro atoms. The van der Waals surface area contributed by atoms with Gasteiger partial charge in [0.2, 0.25) is 0 Å². The van der Waals surface area contributed by atoms with Crippen molar-refractivity contribution >= 4 is 17.6 Å². The zero-order chi connectivity index (χ0) is 16.8. The first-order valence-corrected chi connectivity index (χ1v) is 7.22. The van der Waals surface area contributed by atoms with Crippen molar-refractivity contribution in [1.29, 1.82) is 0 Å². The Kier molecular flexibility index (Phi) is 5.76. The lowest BCUT2D eigenvalue weighted by atomic mass is 10.3. The smallest absolute Gasteiger partial charge is 0.347 e. The fourth-order valence-corrected chi connectivity index (χ4v) is 1.83. The molecule has 0 N–H and O–H groups in total. The van der Waals surface area contributed by atoms with Gasteiger partial charge in [0, 0.05) is 12.3 Å². The molecule has 1 atom stereocenters. The van der Waals surface area contributed by atoms with Crippen molar-refractivity contribution < 1.29 is 23.4 Å². The molecule has 1 aromatic heterocycles. The van der Waals surface area contributed by atoms with E-state index in [0.717, 1.165) is 6.07 Å². The Morgan fingerprint density at radius 2 is 2.26 bits per heavy atom. The van der Waals surface area contributed by atoms with Crippen LogP contribution in [0.1, 0.15) is 13.8 Å². The molecule has 23 heavy (non-hydrogen) atoms. The standard InChI is InChI=1S/C16H14ClFNO4/c1-3-21-16(20)10(2)22-15-14(5-4-8-19-15)23-13-7-6-11(18)9-12(13)17/h4-5,7-10H,3H2,1-2H3. The third-order valence-corrected chi connectivity index (χ3v) is 2.99. The Hall–Kier alpha value is -2.34. The summed E-state index contributed by atoms with van der Waals surface area (Å²) < 4.78 is 28.9. The van der Waals surface area contributed by atoms with Crippen molar-refractivity contribution in [1.82, 2.24) is 4.98 Å². The summed E-state index contributed by atoms with van der Waals surface area (Å²) in [5.74, 6) is -0.605. The highest BCUT2D eigenvalue weighted by Crippen LogP contribution is 2.34. The summed E-state index contributed by atoms with van der Waals surface area (Å²) in [6.07, 6.45) is 0.626. The molecule has 1 unspecified atom stereocenters. The van der Waals surface area contributed by atoms with Gasteiger partial charge in [0.1, 0.15) is 11.6 Å². The van der Waals surface area contributed by atoms with Crippen LogP contribution in [-0.4, -0.2) is 23.7 Å². The maximum Gasteiger partial charge on any atom is 0.347 e. The molecule has 0 saturated heterocycles. The number of hydrogen-bond acceptors (Lipinski definition) is 5. The van der Waals surface area contributed by atoms with Gasteiger partial charge in [0.05, 0.1) is 11.6 Å². The summed E-state index contributed by atoms with van der Waals surface area (Å²) >= 11 is 5.91. The predicted molar refractivity (Wildman–Crippen MR) is 81.3 cm³/mol. The van der Waals surface area contributed by atoms with E-state index in [-0.39, 0.29) is 29.0 Å². The minimum absolute atomic E-state index is 0.0782. The molecule has 0 fully saturated rings. The number of rotatable bonds is 6. The quantitative estimate of drug-likeness (QED) is 0.750. The van der Waals surface area contributed by atoms with Crippen LogP contribution in [0.25, 0.3) is 0 Å². The highest BCUT2D eigenvalue weighted by atomic mass is 35.5. The lowest BCUT2D eigenvalue weighted by Gasteiger charge is -2.15. The lowest BCUT2D eigenvalue weighted by molar-refractivity contribution is -0.150. The number of halogens is 2. The maximum atomic E-state index is 13.0. The predicted octanol–water partition coefficient (Wildman–Crippen LogP) is 3.80. The molecular weight excluding hydrogens is 325 g/mol. The molecule has 0 saturated carbocycles. The van der Waals surface area contributed by atoms with E-state index in [2.05, 4.69) is 11.1 Å². The Bertz CT molecular complexity index is 696. The zero-order valence-electron chi connectivity index (χ0n) is 12.5. The van der Waals surface area contributed by atoms with E-state index in [1.807, 2.05) is 0 Å². The van der Waals surface area contributed by atoms with Gasteiger partial charge < -0.3 is 14.2 Å². The largest absolute Gasteiger partial charge is 0.463 e. The van der Waals surface area contributed by atoms with Crippen LogP contribution in [0, 0.1) is 11.9 Å². The summed E-state index contributed by atoms with van der Waals surface area (Å²) in [6.45, 7) is 3.49. The van der Waals surface area contributed by atoms with Crippen LogP contribution < -0.4 is 9.47 Å².